The van der Waals surface area contributed by atoms with Crippen LogP contribution in [0.5, 0.6) is 0 Å². The summed E-state index contributed by atoms with van der Waals surface area (Å²) >= 11 is 0. The van der Waals surface area contributed by atoms with Crippen LogP contribution in [0.2, 0.25) is 0 Å². The van der Waals surface area contributed by atoms with Crippen molar-refractivity contribution in [2.24, 2.45) is 0 Å². The van der Waals surface area contributed by atoms with Crippen molar-refractivity contribution in [1.82, 2.24) is 14.5 Å². The maximum atomic E-state index is 13.2. The van der Waals surface area contributed by atoms with Gasteiger partial charge in [-0.3, -0.25) is 23.5 Å². The first-order valence-electron chi connectivity index (χ1n) is 11.6. The molecule has 0 aliphatic rings. The number of nitrogens with zero attached hydrogens (tertiary/aromatic N) is 2. The number of anilines is 1. The molecular weight excluding hydrogens is 505 g/mol. The monoisotopic (exact) mass is 528 g/mol. The number of hydrogen-bond donors (Lipinski definition) is 2. The highest BCUT2D eigenvalue weighted by Gasteiger charge is 2.30. The molecule has 12 heteroatoms. The Kier molecular flexibility index (Phi) is 7.79. The predicted molar refractivity (Wildman–Crippen MR) is 132 cm³/mol. The van der Waals surface area contributed by atoms with Gasteiger partial charge in [-0.2, -0.15) is 13.2 Å². The summed E-state index contributed by atoms with van der Waals surface area (Å²) in [6.45, 7) is -0.416. The third-order valence-corrected chi connectivity index (χ3v) is 5.73. The Morgan fingerprint density at radius 1 is 0.921 bits per heavy atom. The molecule has 0 bridgehead atoms. The van der Waals surface area contributed by atoms with Gasteiger partial charge >= 0.3 is 11.9 Å². The Bertz CT molecular complexity index is 1570. The van der Waals surface area contributed by atoms with E-state index in [0.29, 0.717) is 5.76 Å². The summed E-state index contributed by atoms with van der Waals surface area (Å²) < 4.78 is 46.2. The number of halogens is 3. The number of amides is 2. The van der Waals surface area contributed by atoms with E-state index >= 15 is 0 Å². The van der Waals surface area contributed by atoms with Gasteiger partial charge in [0.1, 0.15) is 12.3 Å². The molecular formula is C26H23F3N4O5. The fourth-order valence-electron chi connectivity index (χ4n) is 3.92. The van der Waals surface area contributed by atoms with E-state index in [2.05, 4.69) is 10.6 Å². The molecule has 0 aliphatic heterocycles. The summed E-state index contributed by atoms with van der Waals surface area (Å²) in [5.41, 5.74) is -2.16. The largest absolute Gasteiger partial charge is 0.467 e. The first-order chi connectivity index (χ1) is 18.1. The minimum atomic E-state index is -4.58. The minimum absolute atomic E-state index is 0.0372. The van der Waals surface area contributed by atoms with Gasteiger partial charge in [-0.15, -0.1) is 0 Å². The van der Waals surface area contributed by atoms with E-state index in [9.17, 15) is 32.3 Å². The quantitative estimate of drug-likeness (QED) is 0.345. The molecule has 9 nitrogen and oxygen atoms in total. The number of aromatic nitrogens is 2. The predicted octanol–water partition coefficient (Wildman–Crippen LogP) is 3.51. The van der Waals surface area contributed by atoms with Crippen LogP contribution in [0, 0.1) is 0 Å². The fourth-order valence-corrected chi connectivity index (χ4v) is 3.92. The zero-order valence-corrected chi connectivity index (χ0v) is 20.0. The van der Waals surface area contributed by atoms with Crippen molar-refractivity contribution in [2.75, 3.05) is 5.32 Å². The number of rotatable bonds is 9. The Labute approximate surface area is 213 Å². The van der Waals surface area contributed by atoms with Gasteiger partial charge in [0.2, 0.25) is 11.8 Å². The highest BCUT2D eigenvalue weighted by Crippen LogP contribution is 2.30. The van der Waals surface area contributed by atoms with Gasteiger partial charge in [-0.1, -0.05) is 18.2 Å². The Morgan fingerprint density at radius 3 is 2.45 bits per heavy atom. The molecule has 2 aromatic carbocycles. The molecule has 0 saturated heterocycles. The summed E-state index contributed by atoms with van der Waals surface area (Å²) in [5.74, 6) is -0.467. The lowest BCUT2D eigenvalue weighted by molar-refractivity contribution is -0.137. The number of furan rings is 1. The minimum Gasteiger partial charge on any atom is -0.467 e. The van der Waals surface area contributed by atoms with Gasteiger partial charge in [0, 0.05) is 18.7 Å². The molecule has 38 heavy (non-hydrogen) atoms. The average Bonchev–Trinajstić information content (AvgIpc) is 3.41. The molecule has 0 radical (unpaired) electrons. The van der Waals surface area contributed by atoms with Crippen LogP contribution >= 0.6 is 0 Å². The Hall–Kier alpha value is -4.61. The number of benzene rings is 2. The van der Waals surface area contributed by atoms with Crippen molar-refractivity contribution >= 4 is 28.4 Å². The highest BCUT2D eigenvalue weighted by molar-refractivity contribution is 5.91. The molecule has 0 spiro atoms. The van der Waals surface area contributed by atoms with Crippen LogP contribution < -0.4 is 21.9 Å². The van der Waals surface area contributed by atoms with Crippen LogP contribution in [0.4, 0.5) is 18.9 Å². The van der Waals surface area contributed by atoms with Crippen molar-refractivity contribution < 1.29 is 27.2 Å². The Morgan fingerprint density at radius 2 is 1.71 bits per heavy atom. The van der Waals surface area contributed by atoms with Crippen LogP contribution in [0.25, 0.3) is 10.9 Å². The molecule has 0 unspecified atom stereocenters. The van der Waals surface area contributed by atoms with Crippen LogP contribution in [0.1, 0.15) is 24.2 Å². The molecule has 0 saturated carbocycles. The first kappa shape index (κ1) is 26.5. The number of fused-ring (bicyclic) bond motifs is 1. The number of nitrogens with one attached hydrogen (secondary N) is 2. The molecule has 2 heterocycles. The molecule has 2 N–H and O–H groups in total. The summed E-state index contributed by atoms with van der Waals surface area (Å²) in [4.78, 5) is 51.1. The van der Waals surface area contributed by atoms with E-state index < -0.39 is 35.4 Å². The van der Waals surface area contributed by atoms with Crippen molar-refractivity contribution in [1.29, 1.82) is 0 Å². The lowest BCUT2D eigenvalue weighted by Crippen LogP contribution is -2.42. The second kappa shape index (κ2) is 11.2. The SMILES string of the molecule is O=C(CCCn1c(=O)c2ccccc2n(CC(=O)Nc2cccc(C(F)(F)F)c2)c1=O)NCc1ccco1. The van der Waals surface area contributed by atoms with E-state index in [1.54, 1.807) is 24.3 Å². The topological polar surface area (TPSA) is 115 Å². The highest BCUT2D eigenvalue weighted by atomic mass is 19.4. The number of alkyl halides is 3. The van der Waals surface area contributed by atoms with E-state index in [-0.39, 0.29) is 48.4 Å². The molecule has 0 fully saturated rings. The summed E-state index contributed by atoms with van der Waals surface area (Å²) in [6.07, 6.45) is -2.89. The fraction of sp³-hybridized carbons (Fsp3) is 0.231. The Balaban J connectivity index is 1.51. The lowest BCUT2D eigenvalue weighted by atomic mass is 10.2. The van der Waals surface area contributed by atoms with Crippen molar-refractivity contribution in [3.8, 4) is 0 Å². The van der Waals surface area contributed by atoms with Crippen LogP contribution in [0.3, 0.4) is 0 Å². The van der Waals surface area contributed by atoms with Gasteiger partial charge in [0.25, 0.3) is 5.56 Å². The first-order valence-corrected chi connectivity index (χ1v) is 11.6. The normalized spacial score (nSPS) is 11.4. The summed E-state index contributed by atoms with van der Waals surface area (Å²) in [7, 11) is 0. The van der Waals surface area contributed by atoms with Gasteiger partial charge in [0.15, 0.2) is 0 Å². The van der Waals surface area contributed by atoms with Crippen LogP contribution in [0.15, 0.2) is 80.9 Å². The maximum absolute atomic E-state index is 13.2. The summed E-state index contributed by atoms with van der Waals surface area (Å²) in [6, 6.07) is 13.7. The average molecular weight is 528 g/mol. The van der Waals surface area contributed by atoms with Crippen LogP contribution in [-0.2, 0) is 35.4 Å². The van der Waals surface area contributed by atoms with Crippen LogP contribution in [-0.4, -0.2) is 20.9 Å². The smallest absolute Gasteiger partial charge is 0.416 e. The lowest BCUT2D eigenvalue weighted by Gasteiger charge is -2.15. The summed E-state index contributed by atoms with van der Waals surface area (Å²) in [5, 5.41) is 5.22. The van der Waals surface area contributed by atoms with Gasteiger partial charge < -0.3 is 15.1 Å². The van der Waals surface area contributed by atoms with E-state index in [4.69, 9.17) is 4.42 Å². The molecule has 2 aromatic heterocycles. The number of hydrogen-bond acceptors (Lipinski definition) is 5. The molecule has 4 aromatic rings. The second-order valence-corrected chi connectivity index (χ2v) is 8.43. The molecule has 4 rings (SSSR count). The van der Waals surface area contributed by atoms with Crippen molar-refractivity contribution in [3.63, 3.8) is 0 Å². The maximum Gasteiger partial charge on any atom is 0.416 e. The number of carbonyl (C=O) groups excluding carboxylic acids is 2. The van der Waals surface area contributed by atoms with Crippen molar-refractivity contribution in [2.45, 2.75) is 38.7 Å². The molecule has 0 atom stereocenters. The standard InChI is InChI=1S/C26H23F3N4O5/c27-26(28,29)17-6-3-7-18(14-17)31-23(35)16-33-21-10-2-1-9-20(21)24(36)32(25(33)37)12-4-11-22(34)30-15-19-8-5-13-38-19/h1-3,5-10,13-14H,4,11-12,15-16H2,(H,30,34)(H,31,35). The zero-order chi connectivity index (χ0) is 27.3. The van der Waals surface area contributed by atoms with E-state index in [0.717, 1.165) is 27.3 Å². The van der Waals surface area contributed by atoms with E-state index in [1.165, 1.54) is 24.5 Å². The molecule has 0 aliphatic carbocycles. The number of para-hydroxylation sites is 1. The van der Waals surface area contributed by atoms with E-state index in [1.807, 2.05) is 0 Å². The van der Waals surface area contributed by atoms with Crippen molar-refractivity contribution in [3.05, 3.63) is 99.1 Å². The zero-order valence-electron chi connectivity index (χ0n) is 20.0. The molecule has 2 amide bonds. The number of carbonyl (C=O) groups is 2. The molecule has 198 valence electrons. The van der Waals surface area contributed by atoms with Gasteiger partial charge in [-0.25, -0.2) is 4.79 Å². The second-order valence-electron chi connectivity index (χ2n) is 8.43. The van der Waals surface area contributed by atoms with Gasteiger partial charge in [-0.05, 0) is 48.9 Å². The third kappa shape index (κ3) is 6.20. The third-order valence-electron chi connectivity index (χ3n) is 5.73. The van der Waals surface area contributed by atoms with Gasteiger partial charge in [0.05, 0.1) is 29.3 Å².